The molecule has 2 amide bonds. The van der Waals surface area contributed by atoms with E-state index in [2.05, 4.69) is 10.6 Å². The molecule has 3 rings (SSSR count). The molecule has 1 aromatic heterocycles. The molecule has 0 aliphatic carbocycles. The molecule has 2 N–H and O–H groups in total. The maximum absolute atomic E-state index is 12.6. The highest BCUT2D eigenvalue weighted by Gasteiger charge is 2.35. The summed E-state index contributed by atoms with van der Waals surface area (Å²) in [6, 6.07) is 2.32. The summed E-state index contributed by atoms with van der Waals surface area (Å²) in [4.78, 5) is 37.3. The second kappa shape index (κ2) is 10.0. The predicted octanol–water partition coefficient (Wildman–Crippen LogP) is 2.19. The zero-order valence-corrected chi connectivity index (χ0v) is 16.7. The van der Waals surface area contributed by atoms with Gasteiger partial charge in [0, 0.05) is 19.2 Å². The number of hydrogen-bond acceptors (Lipinski definition) is 6. The van der Waals surface area contributed by atoms with E-state index in [9.17, 15) is 19.7 Å². The van der Waals surface area contributed by atoms with Crippen LogP contribution in [0.3, 0.4) is 0 Å². The van der Waals surface area contributed by atoms with Crippen LogP contribution in [0, 0.1) is 16.0 Å². The van der Waals surface area contributed by atoms with E-state index in [1.165, 1.54) is 25.0 Å². The summed E-state index contributed by atoms with van der Waals surface area (Å²) in [6.45, 7) is 3.20. The number of nitrogens with zero attached hydrogens (tertiary/aromatic N) is 2. The quantitative estimate of drug-likeness (QED) is 0.546. The van der Waals surface area contributed by atoms with Crippen LogP contribution in [0.1, 0.15) is 41.8 Å². The van der Waals surface area contributed by atoms with Crippen molar-refractivity contribution in [3.8, 4) is 0 Å². The Morgan fingerprint density at radius 2 is 2.15 bits per heavy atom. The van der Waals surface area contributed by atoms with Crippen LogP contribution >= 0.6 is 23.7 Å². The summed E-state index contributed by atoms with van der Waals surface area (Å²) in [6.07, 6.45) is 4.71. The number of nitrogens with one attached hydrogen (secondary N) is 2. The van der Waals surface area contributed by atoms with Gasteiger partial charge in [-0.05, 0) is 57.2 Å². The third kappa shape index (κ3) is 5.40. The number of likely N-dealkylation sites (tertiary alicyclic amines) is 1. The Balaban J connectivity index is 0.00000261. The number of amides is 2. The van der Waals surface area contributed by atoms with Gasteiger partial charge in [0.1, 0.15) is 6.04 Å². The second-order valence-electron chi connectivity index (χ2n) is 6.84. The highest BCUT2D eigenvalue weighted by atomic mass is 35.5. The highest BCUT2D eigenvalue weighted by molar-refractivity contribution is 7.17. The van der Waals surface area contributed by atoms with E-state index >= 15 is 0 Å². The van der Waals surface area contributed by atoms with Crippen molar-refractivity contribution in [3.05, 3.63) is 27.1 Å². The van der Waals surface area contributed by atoms with Crippen LogP contribution in [0.5, 0.6) is 0 Å². The molecule has 2 atom stereocenters. The molecule has 2 aliphatic rings. The topological polar surface area (TPSA) is 105 Å². The van der Waals surface area contributed by atoms with Gasteiger partial charge in [-0.1, -0.05) is 11.3 Å². The average Bonchev–Trinajstić information content (AvgIpc) is 3.32. The van der Waals surface area contributed by atoms with Crippen LogP contribution in [-0.4, -0.2) is 53.9 Å². The lowest BCUT2D eigenvalue weighted by atomic mass is 9.96. The molecule has 1 aromatic rings. The van der Waals surface area contributed by atoms with E-state index in [1.807, 2.05) is 0 Å². The van der Waals surface area contributed by atoms with Gasteiger partial charge in [0.2, 0.25) is 5.91 Å². The van der Waals surface area contributed by atoms with Crippen molar-refractivity contribution < 1.29 is 14.5 Å². The molecule has 0 saturated carbocycles. The van der Waals surface area contributed by atoms with Crippen LogP contribution in [0.15, 0.2) is 12.1 Å². The minimum Gasteiger partial charge on any atom is -0.354 e. The first-order valence-corrected chi connectivity index (χ1v) is 9.91. The molecule has 0 aromatic carbocycles. The van der Waals surface area contributed by atoms with Crippen LogP contribution in [-0.2, 0) is 4.79 Å². The van der Waals surface area contributed by atoms with E-state index in [4.69, 9.17) is 0 Å². The Bertz CT molecular complexity index is 678. The van der Waals surface area contributed by atoms with Crippen molar-refractivity contribution in [1.29, 1.82) is 0 Å². The van der Waals surface area contributed by atoms with Gasteiger partial charge in [-0.15, -0.1) is 12.4 Å². The Morgan fingerprint density at radius 1 is 1.33 bits per heavy atom. The van der Waals surface area contributed by atoms with Gasteiger partial charge in [0.05, 0.1) is 9.80 Å². The van der Waals surface area contributed by atoms with Gasteiger partial charge in [-0.2, -0.15) is 0 Å². The van der Waals surface area contributed by atoms with E-state index in [0.717, 1.165) is 37.3 Å². The molecule has 2 unspecified atom stereocenters. The average molecular weight is 417 g/mol. The summed E-state index contributed by atoms with van der Waals surface area (Å²) in [5.41, 5.74) is 0. The number of halogens is 1. The fraction of sp³-hybridized carbons (Fsp3) is 0.647. The lowest BCUT2D eigenvalue weighted by Crippen LogP contribution is -2.46. The summed E-state index contributed by atoms with van der Waals surface area (Å²) >= 11 is 0.857. The number of rotatable bonds is 6. The molecule has 0 radical (unpaired) electrons. The summed E-state index contributed by atoms with van der Waals surface area (Å²) < 4.78 is 0. The van der Waals surface area contributed by atoms with Gasteiger partial charge in [0.15, 0.2) is 0 Å². The Labute approximate surface area is 168 Å². The standard InChI is InChI=1S/C17H24N4O4S.ClH/c22-16(19-9-7-12-3-1-8-18-11-12)13-4-2-10-20(13)17(23)14-5-6-15(26-14)21(24)25;/h5-6,12-13,18H,1-4,7-11H2,(H,19,22);1H. The molecule has 0 bridgehead atoms. The van der Waals surface area contributed by atoms with Crippen LogP contribution < -0.4 is 10.6 Å². The third-order valence-corrected chi connectivity index (χ3v) is 6.07. The Hall–Kier alpha value is -1.71. The minimum absolute atomic E-state index is 0. The van der Waals surface area contributed by atoms with E-state index < -0.39 is 11.0 Å². The van der Waals surface area contributed by atoms with E-state index in [0.29, 0.717) is 30.3 Å². The van der Waals surface area contributed by atoms with E-state index in [-0.39, 0.29) is 29.2 Å². The smallest absolute Gasteiger partial charge is 0.324 e. The zero-order valence-electron chi connectivity index (χ0n) is 15.0. The van der Waals surface area contributed by atoms with Gasteiger partial charge in [-0.25, -0.2) is 0 Å². The van der Waals surface area contributed by atoms with Gasteiger partial charge in [-0.3, -0.25) is 19.7 Å². The first kappa shape index (κ1) is 21.6. The first-order valence-electron chi connectivity index (χ1n) is 9.10. The normalized spacial score (nSPS) is 22.1. The molecule has 150 valence electrons. The number of thiophene rings is 1. The van der Waals surface area contributed by atoms with Gasteiger partial charge < -0.3 is 15.5 Å². The van der Waals surface area contributed by atoms with Crippen molar-refractivity contribution in [2.45, 2.75) is 38.1 Å². The molecule has 27 heavy (non-hydrogen) atoms. The number of carbonyl (C=O) groups excluding carboxylic acids is 2. The fourth-order valence-corrected chi connectivity index (χ4v) is 4.43. The van der Waals surface area contributed by atoms with Crippen LogP contribution in [0.2, 0.25) is 0 Å². The monoisotopic (exact) mass is 416 g/mol. The molecule has 0 spiro atoms. The van der Waals surface area contributed by atoms with E-state index in [1.54, 1.807) is 4.90 Å². The number of piperidine rings is 1. The van der Waals surface area contributed by atoms with Crippen molar-refractivity contribution in [1.82, 2.24) is 15.5 Å². The maximum atomic E-state index is 12.6. The first-order chi connectivity index (χ1) is 12.6. The minimum atomic E-state index is -0.504. The number of carbonyl (C=O) groups is 2. The van der Waals surface area contributed by atoms with Crippen LogP contribution in [0.25, 0.3) is 0 Å². The fourth-order valence-electron chi connectivity index (χ4n) is 3.65. The summed E-state index contributed by atoms with van der Waals surface area (Å²) in [7, 11) is 0. The van der Waals surface area contributed by atoms with Crippen molar-refractivity contribution in [2.75, 3.05) is 26.2 Å². The number of nitro groups is 1. The summed E-state index contributed by atoms with van der Waals surface area (Å²) in [5, 5.41) is 17.1. The van der Waals surface area contributed by atoms with Crippen molar-refractivity contribution in [2.24, 2.45) is 5.92 Å². The molecule has 2 saturated heterocycles. The molecular weight excluding hydrogens is 392 g/mol. The lowest BCUT2D eigenvalue weighted by Gasteiger charge is -2.25. The second-order valence-corrected chi connectivity index (χ2v) is 7.91. The van der Waals surface area contributed by atoms with Crippen molar-refractivity contribution >= 4 is 40.6 Å². The van der Waals surface area contributed by atoms with Crippen LogP contribution in [0.4, 0.5) is 5.00 Å². The molecule has 2 fully saturated rings. The van der Waals surface area contributed by atoms with Gasteiger partial charge >= 0.3 is 5.00 Å². The van der Waals surface area contributed by atoms with Gasteiger partial charge in [0.25, 0.3) is 5.91 Å². The number of hydrogen-bond donors (Lipinski definition) is 2. The third-order valence-electron chi connectivity index (χ3n) is 5.05. The Kier molecular flexibility index (Phi) is 8.00. The molecular formula is C17H25ClN4O4S. The summed E-state index contributed by atoms with van der Waals surface area (Å²) in [5.74, 6) is 0.180. The molecule has 10 heteroatoms. The largest absolute Gasteiger partial charge is 0.354 e. The SMILES string of the molecule is Cl.O=C(NCCC1CCCNC1)C1CCCN1C(=O)c1ccc([N+](=O)[O-])s1. The molecule has 3 heterocycles. The Morgan fingerprint density at radius 3 is 2.81 bits per heavy atom. The zero-order chi connectivity index (χ0) is 18.5. The molecule has 2 aliphatic heterocycles. The lowest BCUT2D eigenvalue weighted by molar-refractivity contribution is -0.380. The molecule has 8 nitrogen and oxygen atoms in total. The predicted molar refractivity (Wildman–Crippen MR) is 106 cm³/mol. The van der Waals surface area contributed by atoms with Crippen molar-refractivity contribution in [3.63, 3.8) is 0 Å². The highest BCUT2D eigenvalue weighted by Crippen LogP contribution is 2.28. The maximum Gasteiger partial charge on any atom is 0.324 e.